The van der Waals surface area contributed by atoms with Crippen LogP contribution in [-0.4, -0.2) is 23.8 Å². The SMILES string of the molecule is CCOc1cc(Br)cc(/C=N\NC(=O)Cc2ccccc2)c1O. The number of ether oxygens (including phenoxy) is 1. The first-order valence-corrected chi connectivity index (χ1v) is 7.90. The lowest BCUT2D eigenvalue weighted by atomic mass is 10.1. The number of amides is 1. The Kier molecular flexibility index (Phi) is 6.17. The molecule has 23 heavy (non-hydrogen) atoms. The molecule has 0 aliphatic carbocycles. The van der Waals surface area contributed by atoms with Crippen LogP contribution in [0.5, 0.6) is 11.5 Å². The van der Waals surface area contributed by atoms with Crippen molar-refractivity contribution < 1.29 is 14.6 Å². The summed E-state index contributed by atoms with van der Waals surface area (Å²) in [7, 11) is 0. The normalized spacial score (nSPS) is 10.7. The highest BCUT2D eigenvalue weighted by Gasteiger charge is 2.09. The summed E-state index contributed by atoms with van der Waals surface area (Å²) in [5.41, 5.74) is 3.79. The molecular weight excluding hydrogens is 360 g/mol. The van der Waals surface area contributed by atoms with Crippen LogP contribution in [0.2, 0.25) is 0 Å². The van der Waals surface area contributed by atoms with Gasteiger partial charge in [-0.1, -0.05) is 46.3 Å². The maximum atomic E-state index is 11.8. The first kappa shape index (κ1) is 17.0. The van der Waals surface area contributed by atoms with Crippen molar-refractivity contribution in [1.82, 2.24) is 5.43 Å². The van der Waals surface area contributed by atoms with E-state index in [1.807, 2.05) is 37.3 Å². The van der Waals surface area contributed by atoms with E-state index in [2.05, 4.69) is 26.5 Å². The van der Waals surface area contributed by atoms with E-state index in [9.17, 15) is 9.90 Å². The molecule has 2 aromatic rings. The molecule has 0 aliphatic rings. The van der Waals surface area contributed by atoms with E-state index in [0.29, 0.717) is 17.9 Å². The summed E-state index contributed by atoms with van der Waals surface area (Å²) in [5.74, 6) is 0.113. The van der Waals surface area contributed by atoms with E-state index in [-0.39, 0.29) is 18.1 Å². The van der Waals surface area contributed by atoms with Crippen molar-refractivity contribution >= 4 is 28.1 Å². The Labute approximate surface area is 143 Å². The number of rotatable bonds is 6. The zero-order chi connectivity index (χ0) is 16.7. The van der Waals surface area contributed by atoms with Crippen molar-refractivity contribution in [1.29, 1.82) is 0 Å². The van der Waals surface area contributed by atoms with Crippen LogP contribution in [0.25, 0.3) is 0 Å². The molecule has 2 rings (SSSR count). The number of benzene rings is 2. The molecular formula is C17H17BrN2O3. The number of nitrogens with zero attached hydrogens (tertiary/aromatic N) is 1. The molecule has 0 heterocycles. The minimum atomic E-state index is -0.230. The van der Waals surface area contributed by atoms with Crippen molar-refractivity contribution in [3.05, 3.63) is 58.1 Å². The van der Waals surface area contributed by atoms with E-state index < -0.39 is 0 Å². The molecule has 0 fully saturated rings. The molecule has 0 aromatic heterocycles. The fourth-order valence-corrected chi connectivity index (χ4v) is 2.41. The summed E-state index contributed by atoms with van der Waals surface area (Å²) >= 11 is 3.34. The summed E-state index contributed by atoms with van der Waals surface area (Å²) < 4.78 is 6.08. The third kappa shape index (κ3) is 5.10. The van der Waals surface area contributed by atoms with E-state index in [1.165, 1.54) is 6.21 Å². The molecule has 0 saturated heterocycles. The van der Waals surface area contributed by atoms with Gasteiger partial charge in [-0.05, 0) is 24.6 Å². The van der Waals surface area contributed by atoms with Crippen LogP contribution in [0.1, 0.15) is 18.1 Å². The zero-order valence-electron chi connectivity index (χ0n) is 12.6. The van der Waals surface area contributed by atoms with E-state index in [1.54, 1.807) is 12.1 Å². The van der Waals surface area contributed by atoms with E-state index in [0.717, 1.165) is 10.0 Å². The number of hydrogen-bond acceptors (Lipinski definition) is 4. The summed E-state index contributed by atoms with van der Waals surface area (Å²) in [5, 5.41) is 14.0. The Bertz CT molecular complexity index is 702. The first-order chi connectivity index (χ1) is 11.1. The van der Waals surface area contributed by atoms with Crippen molar-refractivity contribution in [3.8, 4) is 11.5 Å². The number of hydrazone groups is 1. The van der Waals surface area contributed by atoms with Gasteiger partial charge in [0.05, 0.1) is 19.2 Å². The zero-order valence-corrected chi connectivity index (χ0v) is 14.2. The topological polar surface area (TPSA) is 70.9 Å². The molecule has 0 unspecified atom stereocenters. The fourth-order valence-electron chi connectivity index (χ4n) is 1.95. The number of phenols is 1. The molecule has 0 spiro atoms. The van der Waals surface area contributed by atoms with Crippen molar-refractivity contribution in [2.45, 2.75) is 13.3 Å². The van der Waals surface area contributed by atoms with E-state index >= 15 is 0 Å². The maximum absolute atomic E-state index is 11.8. The van der Waals surface area contributed by atoms with Gasteiger partial charge in [0.15, 0.2) is 11.5 Å². The van der Waals surface area contributed by atoms with Crippen LogP contribution in [0.3, 0.4) is 0 Å². The average molecular weight is 377 g/mol. The number of aromatic hydroxyl groups is 1. The second-order valence-electron chi connectivity index (χ2n) is 4.73. The molecule has 0 atom stereocenters. The minimum absolute atomic E-state index is 0.0175. The fraction of sp³-hybridized carbons (Fsp3) is 0.176. The number of carbonyl (C=O) groups is 1. The molecule has 0 radical (unpaired) electrons. The van der Waals surface area contributed by atoms with E-state index in [4.69, 9.17) is 4.74 Å². The maximum Gasteiger partial charge on any atom is 0.244 e. The lowest BCUT2D eigenvalue weighted by Gasteiger charge is -2.08. The Morgan fingerprint density at radius 3 is 2.78 bits per heavy atom. The molecule has 0 bridgehead atoms. The number of nitrogens with one attached hydrogen (secondary N) is 1. The Balaban J connectivity index is 2.01. The first-order valence-electron chi connectivity index (χ1n) is 7.11. The van der Waals surface area contributed by atoms with Crippen LogP contribution in [0, 0.1) is 0 Å². The van der Waals surface area contributed by atoms with Gasteiger partial charge < -0.3 is 9.84 Å². The second-order valence-corrected chi connectivity index (χ2v) is 5.65. The largest absolute Gasteiger partial charge is 0.504 e. The average Bonchev–Trinajstić information content (AvgIpc) is 2.53. The number of carbonyl (C=O) groups excluding carboxylic acids is 1. The molecule has 0 saturated carbocycles. The highest BCUT2D eigenvalue weighted by molar-refractivity contribution is 9.10. The van der Waals surface area contributed by atoms with Gasteiger partial charge in [0.1, 0.15) is 0 Å². The lowest BCUT2D eigenvalue weighted by Crippen LogP contribution is -2.19. The smallest absolute Gasteiger partial charge is 0.244 e. The van der Waals surface area contributed by atoms with Crippen molar-refractivity contribution in [2.24, 2.45) is 5.10 Å². The number of phenolic OH excluding ortho intramolecular Hbond substituents is 1. The number of hydrogen-bond donors (Lipinski definition) is 2. The van der Waals surface area contributed by atoms with Gasteiger partial charge >= 0.3 is 0 Å². The molecule has 5 nitrogen and oxygen atoms in total. The number of halogens is 1. The molecule has 120 valence electrons. The van der Waals surface area contributed by atoms with Gasteiger partial charge in [-0.25, -0.2) is 5.43 Å². The van der Waals surface area contributed by atoms with Crippen LogP contribution >= 0.6 is 15.9 Å². The molecule has 0 aliphatic heterocycles. The van der Waals surface area contributed by atoms with Gasteiger partial charge in [-0.15, -0.1) is 0 Å². The molecule has 6 heteroatoms. The highest BCUT2D eigenvalue weighted by atomic mass is 79.9. The van der Waals surface area contributed by atoms with Gasteiger partial charge in [0.2, 0.25) is 5.91 Å². The van der Waals surface area contributed by atoms with Gasteiger partial charge in [0, 0.05) is 10.0 Å². The Hall–Kier alpha value is -2.34. The Morgan fingerprint density at radius 1 is 1.35 bits per heavy atom. The van der Waals surface area contributed by atoms with Gasteiger partial charge in [0.25, 0.3) is 0 Å². The summed E-state index contributed by atoms with van der Waals surface area (Å²) in [6.07, 6.45) is 1.62. The highest BCUT2D eigenvalue weighted by Crippen LogP contribution is 2.32. The third-order valence-electron chi connectivity index (χ3n) is 2.97. The summed E-state index contributed by atoms with van der Waals surface area (Å²) in [6, 6.07) is 12.7. The molecule has 2 N–H and O–H groups in total. The molecule has 1 amide bonds. The quantitative estimate of drug-likeness (QED) is 0.600. The predicted molar refractivity (Wildman–Crippen MR) is 92.9 cm³/mol. The van der Waals surface area contributed by atoms with Crippen LogP contribution in [0.15, 0.2) is 52.0 Å². The second kappa shape index (κ2) is 8.33. The third-order valence-corrected chi connectivity index (χ3v) is 3.43. The lowest BCUT2D eigenvalue weighted by molar-refractivity contribution is -0.120. The van der Waals surface area contributed by atoms with Gasteiger partial charge in [-0.2, -0.15) is 5.10 Å². The minimum Gasteiger partial charge on any atom is -0.504 e. The van der Waals surface area contributed by atoms with Crippen molar-refractivity contribution in [3.63, 3.8) is 0 Å². The van der Waals surface area contributed by atoms with Crippen LogP contribution in [0.4, 0.5) is 0 Å². The predicted octanol–water partition coefficient (Wildman–Crippen LogP) is 3.25. The standard InChI is InChI=1S/C17H17BrN2O3/c1-2-23-15-10-14(18)9-13(17(15)22)11-19-20-16(21)8-12-6-4-3-5-7-12/h3-7,9-11,22H,2,8H2,1H3,(H,20,21)/b19-11-. The molecule has 2 aromatic carbocycles. The summed E-state index contributed by atoms with van der Waals surface area (Å²) in [4.78, 5) is 11.8. The Morgan fingerprint density at radius 2 is 2.09 bits per heavy atom. The van der Waals surface area contributed by atoms with Crippen LogP contribution in [-0.2, 0) is 11.2 Å². The summed E-state index contributed by atoms with van der Waals surface area (Å²) in [6.45, 7) is 2.27. The monoisotopic (exact) mass is 376 g/mol. The van der Waals surface area contributed by atoms with Crippen LogP contribution < -0.4 is 10.2 Å². The van der Waals surface area contributed by atoms with Crippen molar-refractivity contribution in [2.75, 3.05) is 6.61 Å². The van der Waals surface area contributed by atoms with Gasteiger partial charge in [-0.3, -0.25) is 4.79 Å².